The molecular weight excluding hydrogens is 436 g/mol. The number of rotatable bonds is 5. The first-order valence-corrected chi connectivity index (χ1v) is 12.8. The Morgan fingerprint density at radius 3 is 2.27 bits per heavy atom. The summed E-state index contributed by atoms with van der Waals surface area (Å²) in [7, 11) is -3.26. The van der Waals surface area contributed by atoms with Gasteiger partial charge in [0.1, 0.15) is 0 Å². The molecule has 0 unspecified atom stereocenters. The predicted octanol–water partition coefficient (Wildman–Crippen LogP) is 4.14. The lowest BCUT2D eigenvalue weighted by atomic mass is 10.1. The molecule has 0 radical (unpaired) electrons. The lowest BCUT2D eigenvalue weighted by molar-refractivity contribution is 0.0938. The first kappa shape index (κ1) is 21.3. The minimum Gasteiger partial charge on any atom is -0.349 e. The third-order valence-electron chi connectivity index (χ3n) is 6.07. The maximum absolute atomic E-state index is 12.5. The van der Waals surface area contributed by atoms with Crippen molar-refractivity contribution in [1.29, 1.82) is 0 Å². The Kier molecular flexibility index (Phi) is 5.46. The first-order chi connectivity index (χ1) is 15.9. The van der Waals surface area contributed by atoms with Crippen LogP contribution in [0.5, 0.6) is 0 Å². The molecule has 168 valence electrons. The quantitative estimate of drug-likeness (QED) is 0.483. The third-order valence-corrected chi connectivity index (χ3v) is 7.20. The Hall–Kier alpha value is -3.52. The maximum atomic E-state index is 12.5. The van der Waals surface area contributed by atoms with Gasteiger partial charge >= 0.3 is 0 Å². The molecule has 0 spiro atoms. The van der Waals surface area contributed by atoms with Crippen molar-refractivity contribution >= 4 is 21.4 Å². The molecule has 1 saturated carbocycles. The third kappa shape index (κ3) is 4.39. The van der Waals surface area contributed by atoms with Crippen LogP contribution in [0.2, 0.25) is 0 Å². The summed E-state index contributed by atoms with van der Waals surface area (Å²) in [4.78, 5) is 17.2. The monoisotopic (exact) mass is 460 g/mol. The van der Waals surface area contributed by atoms with Gasteiger partial charge in [0, 0.05) is 29.0 Å². The summed E-state index contributed by atoms with van der Waals surface area (Å²) in [5, 5.41) is 7.86. The predicted molar refractivity (Wildman–Crippen MR) is 127 cm³/mol. The molecule has 0 aliphatic heterocycles. The molecule has 33 heavy (non-hydrogen) atoms. The van der Waals surface area contributed by atoms with Crippen molar-refractivity contribution in [3.63, 3.8) is 0 Å². The second-order valence-electron chi connectivity index (χ2n) is 8.46. The van der Waals surface area contributed by atoms with Gasteiger partial charge in [0.2, 0.25) is 0 Å². The zero-order valence-electron chi connectivity index (χ0n) is 18.2. The van der Waals surface area contributed by atoms with Crippen LogP contribution in [-0.2, 0) is 9.84 Å². The van der Waals surface area contributed by atoms with Crippen molar-refractivity contribution in [2.45, 2.75) is 36.6 Å². The first-order valence-electron chi connectivity index (χ1n) is 10.9. The van der Waals surface area contributed by atoms with E-state index >= 15 is 0 Å². The summed E-state index contributed by atoms with van der Waals surface area (Å²) < 4.78 is 25.2. The Balaban J connectivity index is 1.42. The smallest absolute Gasteiger partial charge is 0.251 e. The van der Waals surface area contributed by atoms with Crippen molar-refractivity contribution in [3.8, 4) is 22.5 Å². The van der Waals surface area contributed by atoms with E-state index < -0.39 is 9.84 Å². The summed E-state index contributed by atoms with van der Waals surface area (Å²) in [5.74, 6) is -0.0358. The normalized spacial score (nSPS) is 14.6. The van der Waals surface area contributed by atoms with Crippen molar-refractivity contribution in [2.75, 3.05) is 6.26 Å². The molecule has 7 nitrogen and oxygen atoms in total. The highest BCUT2D eigenvalue weighted by Crippen LogP contribution is 2.25. The number of nitrogens with zero attached hydrogens (tertiary/aromatic N) is 3. The van der Waals surface area contributed by atoms with Crippen LogP contribution < -0.4 is 5.32 Å². The number of carbonyl (C=O) groups is 1. The number of amides is 1. The molecule has 8 heteroatoms. The van der Waals surface area contributed by atoms with Crippen LogP contribution in [0.3, 0.4) is 0 Å². The van der Waals surface area contributed by atoms with Gasteiger partial charge in [-0.05, 0) is 49.2 Å². The van der Waals surface area contributed by atoms with E-state index in [1.165, 1.54) is 19.1 Å². The molecule has 1 fully saturated rings. The number of nitrogens with one attached hydrogen (secondary N) is 1. The number of hydrogen-bond donors (Lipinski definition) is 1. The standard InChI is InChI=1S/C25H24N4O3S/c1-33(31,32)21-12-10-18(11-13-21)23-16-26-24-15-14-22(28-29(23)24)17-6-8-19(9-7-17)25(30)27-20-4-2-3-5-20/h6-16,20H,2-5H2,1H3,(H,27,30). The minimum absolute atomic E-state index is 0.0358. The largest absolute Gasteiger partial charge is 0.349 e. The van der Waals surface area contributed by atoms with Crippen molar-refractivity contribution in [3.05, 3.63) is 72.4 Å². The topological polar surface area (TPSA) is 93.4 Å². The summed E-state index contributed by atoms with van der Waals surface area (Å²) in [6.07, 6.45) is 7.37. The molecular formula is C25H24N4O3S. The van der Waals surface area contributed by atoms with Crippen molar-refractivity contribution in [2.24, 2.45) is 0 Å². The molecule has 2 heterocycles. The van der Waals surface area contributed by atoms with E-state index in [2.05, 4.69) is 10.3 Å². The van der Waals surface area contributed by atoms with Crippen LogP contribution >= 0.6 is 0 Å². The van der Waals surface area contributed by atoms with Gasteiger partial charge in [-0.3, -0.25) is 4.79 Å². The second kappa shape index (κ2) is 8.44. The zero-order valence-corrected chi connectivity index (χ0v) is 19.0. The van der Waals surface area contributed by atoms with Gasteiger partial charge in [-0.25, -0.2) is 17.9 Å². The van der Waals surface area contributed by atoms with Gasteiger partial charge in [0.05, 0.1) is 22.5 Å². The Bertz CT molecular complexity index is 1420. The number of fused-ring (bicyclic) bond motifs is 1. The average molecular weight is 461 g/mol. The number of carbonyl (C=O) groups excluding carboxylic acids is 1. The van der Waals surface area contributed by atoms with Gasteiger partial charge in [0.15, 0.2) is 15.5 Å². The molecule has 1 amide bonds. The fraction of sp³-hybridized carbons (Fsp3) is 0.240. The lowest BCUT2D eigenvalue weighted by Crippen LogP contribution is -2.32. The number of sulfone groups is 1. The van der Waals surface area contributed by atoms with Gasteiger partial charge in [-0.2, -0.15) is 5.10 Å². The van der Waals surface area contributed by atoms with Crippen LogP contribution in [0.4, 0.5) is 0 Å². The lowest BCUT2D eigenvalue weighted by Gasteiger charge is -2.12. The SMILES string of the molecule is CS(=O)(=O)c1ccc(-c2cnc3ccc(-c4ccc(C(=O)NC5CCCC5)cc4)nn23)cc1. The highest BCUT2D eigenvalue weighted by Gasteiger charge is 2.18. The number of hydrogen-bond acceptors (Lipinski definition) is 5. The van der Waals surface area contributed by atoms with Crippen LogP contribution in [0.1, 0.15) is 36.0 Å². The molecule has 4 aromatic rings. The van der Waals surface area contributed by atoms with E-state index in [9.17, 15) is 13.2 Å². The molecule has 2 aromatic carbocycles. The number of aromatic nitrogens is 3. The molecule has 0 bridgehead atoms. The molecule has 1 aliphatic rings. The van der Waals surface area contributed by atoms with E-state index in [0.717, 1.165) is 35.4 Å². The average Bonchev–Trinajstić information content (AvgIpc) is 3.48. The molecule has 1 aliphatic carbocycles. The van der Waals surface area contributed by atoms with Crippen molar-refractivity contribution < 1.29 is 13.2 Å². The van der Waals surface area contributed by atoms with Crippen LogP contribution in [-0.4, -0.2) is 41.2 Å². The Morgan fingerprint density at radius 1 is 0.939 bits per heavy atom. The van der Waals surface area contributed by atoms with E-state index in [4.69, 9.17) is 5.10 Å². The summed E-state index contributed by atoms with van der Waals surface area (Å²) in [5.41, 5.74) is 4.55. The fourth-order valence-corrected chi connectivity index (χ4v) is 4.86. The van der Waals surface area contributed by atoms with Crippen LogP contribution in [0.25, 0.3) is 28.2 Å². The van der Waals surface area contributed by atoms with Gasteiger partial charge < -0.3 is 5.32 Å². The molecule has 5 rings (SSSR count). The summed E-state index contributed by atoms with van der Waals surface area (Å²) >= 11 is 0. The minimum atomic E-state index is -3.26. The van der Waals surface area contributed by atoms with Gasteiger partial charge in [-0.15, -0.1) is 0 Å². The van der Waals surface area contributed by atoms with E-state index in [-0.39, 0.29) is 16.8 Å². The Morgan fingerprint density at radius 2 is 1.61 bits per heavy atom. The van der Waals surface area contributed by atoms with Crippen LogP contribution in [0, 0.1) is 0 Å². The zero-order chi connectivity index (χ0) is 23.0. The molecule has 2 aromatic heterocycles. The second-order valence-corrected chi connectivity index (χ2v) is 10.5. The highest BCUT2D eigenvalue weighted by atomic mass is 32.2. The number of benzene rings is 2. The molecule has 1 N–H and O–H groups in total. The van der Waals surface area contributed by atoms with Crippen molar-refractivity contribution in [1.82, 2.24) is 19.9 Å². The summed E-state index contributed by atoms with van der Waals surface area (Å²) in [6.45, 7) is 0. The van der Waals surface area contributed by atoms with E-state index in [1.54, 1.807) is 35.0 Å². The number of imidazole rings is 1. The Labute approximate surface area is 192 Å². The molecule has 0 saturated heterocycles. The van der Waals surface area contributed by atoms with E-state index in [1.807, 2.05) is 36.4 Å². The molecule has 0 atom stereocenters. The maximum Gasteiger partial charge on any atom is 0.251 e. The summed E-state index contributed by atoms with van der Waals surface area (Å²) in [6, 6.07) is 18.2. The van der Waals surface area contributed by atoms with Crippen LogP contribution in [0.15, 0.2) is 71.8 Å². The van der Waals surface area contributed by atoms with E-state index in [0.29, 0.717) is 11.2 Å². The highest BCUT2D eigenvalue weighted by molar-refractivity contribution is 7.90. The van der Waals surface area contributed by atoms with Gasteiger partial charge in [0.25, 0.3) is 5.91 Å². The van der Waals surface area contributed by atoms with Gasteiger partial charge in [-0.1, -0.05) is 37.1 Å². The fourth-order valence-electron chi connectivity index (χ4n) is 4.23.